The zero-order valence-corrected chi connectivity index (χ0v) is 11.9. The van der Waals surface area contributed by atoms with Gasteiger partial charge < -0.3 is 10.6 Å². The molecule has 5 heteroatoms. The normalized spacial score (nSPS) is 38.0. The molecule has 5 rings (SSSR count). The van der Waals surface area contributed by atoms with Crippen molar-refractivity contribution in [2.24, 2.45) is 24.8 Å². The van der Waals surface area contributed by atoms with E-state index in [1.807, 2.05) is 13.2 Å². The van der Waals surface area contributed by atoms with Crippen molar-refractivity contribution in [1.29, 1.82) is 0 Å². The van der Waals surface area contributed by atoms with Crippen LogP contribution in [0.1, 0.15) is 38.5 Å². The molecule has 4 aliphatic carbocycles. The standard InChI is InChI=1S/C15H22N4O/c1-19-9-13(8-16-19)17-14(20)18-15-5-10-2-11(6-15)4-12(3-10)7-15/h8-12H,2-7H2,1H3,(H2,17,18,20). The molecule has 1 aromatic heterocycles. The third kappa shape index (κ3) is 2.09. The van der Waals surface area contributed by atoms with Crippen LogP contribution in [0, 0.1) is 17.8 Å². The predicted octanol–water partition coefficient (Wildman–Crippen LogP) is 2.51. The molecule has 20 heavy (non-hydrogen) atoms. The lowest BCUT2D eigenvalue weighted by Crippen LogP contribution is -2.60. The van der Waals surface area contributed by atoms with Crippen molar-refractivity contribution in [2.45, 2.75) is 44.1 Å². The number of nitrogens with one attached hydrogen (secondary N) is 2. The highest BCUT2D eigenvalue weighted by atomic mass is 16.2. The van der Waals surface area contributed by atoms with Gasteiger partial charge in [0.05, 0.1) is 11.9 Å². The van der Waals surface area contributed by atoms with Gasteiger partial charge in [0.2, 0.25) is 0 Å². The third-order valence-electron chi connectivity index (χ3n) is 5.38. The van der Waals surface area contributed by atoms with Gasteiger partial charge in [-0.15, -0.1) is 0 Å². The Morgan fingerprint density at radius 3 is 2.35 bits per heavy atom. The third-order valence-corrected chi connectivity index (χ3v) is 5.38. The van der Waals surface area contributed by atoms with E-state index in [-0.39, 0.29) is 11.6 Å². The molecule has 108 valence electrons. The minimum absolute atomic E-state index is 0.0695. The van der Waals surface area contributed by atoms with Crippen molar-refractivity contribution in [1.82, 2.24) is 15.1 Å². The molecule has 2 amide bonds. The summed E-state index contributed by atoms with van der Waals surface area (Å²) in [7, 11) is 1.85. The van der Waals surface area contributed by atoms with Crippen molar-refractivity contribution >= 4 is 11.7 Å². The number of hydrogen-bond acceptors (Lipinski definition) is 2. The minimum atomic E-state index is -0.0695. The molecule has 0 spiro atoms. The summed E-state index contributed by atoms with van der Waals surface area (Å²) in [6, 6.07) is -0.0695. The van der Waals surface area contributed by atoms with Gasteiger partial charge in [0.1, 0.15) is 0 Å². The van der Waals surface area contributed by atoms with Crippen molar-refractivity contribution in [3.63, 3.8) is 0 Å². The summed E-state index contributed by atoms with van der Waals surface area (Å²) in [5.74, 6) is 2.54. The summed E-state index contributed by atoms with van der Waals surface area (Å²) in [6.07, 6.45) is 11.2. The van der Waals surface area contributed by atoms with Gasteiger partial charge in [-0.3, -0.25) is 4.68 Å². The van der Waals surface area contributed by atoms with Gasteiger partial charge in [-0.1, -0.05) is 0 Å². The summed E-state index contributed by atoms with van der Waals surface area (Å²) in [5.41, 5.74) is 0.829. The Morgan fingerprint density at radius 1 is 1.25 bits per heavy atom. The zero-order chi connectivity index (χ0) is 13.7. The maximum atomic E-state index is 12.2. The summed E-state index contributed by atoms with van der Waals surface area (Å²) in [4.78, 5) is 12.2. The van der Waals surface area contributed by atoms with Crippen molar-refractivity contribution in [2.75, 3.05) is 5.32 Å². The Morgan fingerprint density at radius 2 is 1.85 bits per heavy atom. The van der Waals surface area contributed by atoms with Gasteiger partial charge in [-0.25, -0.2) is 4.79 Å². The molecule has 4 aliphatic rings. The van der Waals surface area contributed by atoms with Gasteiger partial charge in [-0.05, 0) is 56.3 Å². The van der Waals surface area contributed by atoms with E-state index in [1.54, 1.807) is 10.9 Å². The zero-order valence-electron chi connectivity index (χ0n) is 11.9. The van der Waals surface area contributed by atoms with Crippen LogP contribution in [-0.4, -0.2) is 21.4 Å². The number of anilines is 1. The van der Waals surface area contributed by atoms with Crippen LogP contribution in [0.15, 0.2) is 12.4 Å². The Labute approximate surface area is 119 Å². The second kappa shape index (κ2) is 4.24. The molecule has 1 heterocycles. The lowest BCUT2D eigenvalue weighted by Gasteiger charge is -2.56. The maximum absolute atomic E-state index is 12.2. The molecule has 0 unspecified atom stereocenters. The molecule has 5 nitrogen and oxygen atoms in total. The van der Waals surface area contributed by atoms with Crippen LogP contribution in [0.3, 0.4) is 0 Å². The van der Waals surface area contributed by atoms with Crippen molar-refractivity contribution in [3.05, 3.63) is 12.4 Å². The average molecular weight is 274 g/mol. The molecular weight excluding hydrogens is 252 g/mol. The molecule has 4 fully saturated rings. The van der Waals surface area contributed by atoms with Crippen LogP contribution in [-0.2, 0) is 7.05 Å². The number of nitrogens with zero attached hydrogens (tertiary/aromatic N) is 2. The smallest absolute Gasteiger partial charge is 0.319 e. The van der Waals surface area contributed by atoms with E-state index in [0.29, 0.717) is 0 Å². The number of carbonyl (C=O) groups excluding carboxylic acids is 1. The summed E-state index contributed by atoms with van der Waals surface area (Å²) >= 11 is 0. The summed E-state index contributed by atoms with van der Waals surface area (Å²) < 4.78 is 1.69. The number of hydrogen-bond donors (Lipinski definition) is 2. The number of rotatable bonds is 2. The molecule has 0 aliphatic heterocycles. The Balaban J connectivity index is 1.44. The van der Waals surface area contributed by atoms with E-state index in [1.165, 1.54) is 38.5 Å². The van der Waals surface area contributed by atoms with Crippen LogP contribution in [0.2, 0.25) is 0 Å². The molecule has 4 saturated carbocycles. The highest BCUT2D eigenvalue weighted by Crippen LogP contribution is 2.55. The van der Waals surface area contributed by atoms with Gasteiger partial charge in [-0.2, -0.15) is 5.10 Å². The molecule has 0 radical (unpaired) electrons. The molecule has 2 N–H and O–H groups in total. The fourth-order valence-electron chi connectivity index (χ4n) is 5.15. The first-order valence-electron chi connectivity index (χ1n) is 7.68. The van der Waals surface area contributed by atoms with Crippen LogP contribution in [0.25, 0.3) is 0 Å². The van der Waals surface area contributed by atoms with Crippen LogP contribution in [0.4, 0.5) is 10.5 Å². The lowest BCUT2D eigenvalue weighted by atomic mass is 9.53. The highest BCUT2D eigenvalue weighted by molar-refractivity contribution is 5.89. The fourth-order valence-corrected chi connectivity index (χ4v) is 5.15. The van der Waals surface area contributed by atoms with Crippen LogP contribution >= 0.6 is 0 Å². The SMILES string of the molecule is Cn1cc(NC(=O)NC23CC4CC(CC(C4)C2)C3)cn1. The Bertz CT molecular complexity index is 500. The van der Waals surface area contributed by atoms with E-state index < -0.39 is 0 Å². The average Bonchev–Trinajstić information content (AvgIpc) is 2.71. The van der Waals surface area contributed by atoms with E-state index in [2.05, 4.69) is 15.7 Å². The Kier molecular flexibility index (Phi) is 2.59. The van der Waals surface area contributed by atoms with Crippen LogP contribution < -0.4 is 10.6 Å². The van der Waals surface area contributed by atoms with Crippen molar-refractivity contribution < 1.29 is 4.79 Å². The second-order valence-corrected chi connectivity index (χ2v) is 7.18. The number of amides is 2. The van der Waals surface area contributed by atoms with E-state index in [4.69, 9.17) is 0 Å². The molecular formula is C15H22N4O. The largest absolute Gasteiger partial charge is 0.332 e. The van der Waals surface area contributed by atoms with Gasteiger partial charge >= 0.3 is 6.03 Å². The van der Waals surface area contributed by atoms with Gasteiger partial charge in [0.15, 0.2) is 0 Å². The van der Waals surface area contributed by atoms with E-state index in [0.717, 1.165) is 23.4 Å². The molecule has 4 bridgehead atoms. The lowest BCUT2D eigenvalue weighted by molar-refractivity contribution is -0.0127. The van der Waals surface area contributed by atoms with E-state index in [9.17, 15) is 4.79 Å². The predicted molar refractivity (Wildman–Crippen MR) is 76.3 cm³/mol. The Hall–Kier alpha value is -1.52. The first kappa shape index (κ1) is 12.2. The van der Waals surface area contributed by atoms with Gasteiger partial charge in [0, 0.05) is 18.8 Å². The molecule has 1 aromatic rings. The number of urea groups is 1. The maximum Gasteiger partial charge on any atom is 0.319 e. The number of carbonyl (C=O) groups is 1. The summed E-state index contributed by atoms with van der Waals surface area (Å²) in [6.45, 7) is 0. The minimum Gasteiger partial charge on any atom is -0.332 e. The van der Waals surface area contributed by atoms with E-state index >= 15 is 0 Å². The highest BCUT2D eigenvalue weighted by Gasteiger charge is 2.51. The van der Waals surface area contributed by atoms with Crippen molar-refractivity contribution in [3.8, 4) is 0 Å². The van der Waals surface area contributed by atoms with Gasteiger partial charge in [0.25, 0.3) is 0 Å². The number of aryl methyl sites for hydroxylation is 1. The first-order valence-corrected chi connectivity index (χ1v) is 7.68. The first-order chi connectivity index (χ1) is 9.60. The quantitative estimate of drug-likeness (QED) is 0.870. The fraction of sp³-hybridized carbons (Fsp3) is 0.733. The summed E-state index contributed by atoms with van der Waals surface area (Å²) in [5, 5.41) is 10.3. The van der Waals surface area contributed by atoms with Crippen LogP contribution in [0.5, 0.6) is 0 Å². The molecule has 0 saturated heterocycles. The monoisotopic (exact) mass is 274 g/mol. The second-order valence-electron chi connectivity index (χ2n) is 7.18. The topological polar surface area (TPSA) is 59.0 Å². The molecule has 0 atom stereocenters. The molecule has 0 aromatic carbocycles. The number of aromatic nitrogens is 2.